The maximum atomic E-state index is 12.5. The Hall–Kier alpha value is -2.96. The van der Waals surface area contributed by atoms with Gasteiger partial charge in [-0.2, -0.15) is 0 Å². The fraction of sp³-hybridized carbons (Fsp3) is 0.231. The SMILES string of the molecule is Cc1ccccc1OCCNC(=O)c1ccc([C@H]2SCC(=O)N2Cc2ccc(Cl)cc2)cc1. The van der Waals surface area contributed by atoms with Gasteiger partial charge >= 0.3 is 0 Å². The molecule has 1 aliphatic heterocycles. The molecular formula is C26H25ClN2O3S. The van der Waals surface area contributed by atoms with E-state index in [0.29, 0.717) is 36.0 Å². The van der Waals surface area contributed by atoms with Crippen LogP contribution in [0.1, 0.15) is 32.4 Å². The number of benzene rings is 3. The first-order chi connectivity index (χ1) is 16.0. The van der Waals surface area contributed by atoms with Crippen LogP contribution in [0.25, 0.3) is 0 Å². The minimum absolute atomic E-state index is 0.0761. The fourth-order valence-electron chi connectivity index (χ4n) is 3.63. The van der Waals surface area contributed by atoms with E-state index in [1.54, 1.807) is 23.9 Å². The number of halogens is 1. The molecule has 0 aliphatic carbocycles. The highest BCUT2D eigenvalue weighted by molar-refractivity contribution is 8.00. The molecule has 1 N–H and O–H groups in total. The van der Waals surface area contributed by atoms with E-state index in [2.05, 4.69) is 5.32 Å². The maximum absolute atomic E-state index is 12.5. The molecule has 2 amide bonds. The highest BCUT2D eigenvalue weighted by atomic mass is 35.5. The van der Waals surface area contributed by atoms with Gasteiger partial charge in [0.15, 0.2) is 0 Å². The molecule has 0 spiro atoms. The van der Waals surface area contributed by atoms with E-state index in [9.17, 15) is 9.59 Å². The summed E-state index contributed by atoms with van der Waals surface area (Å²) in [5.74, 6) is 1.22. The molecule has 0 radical (unpaired) electrons. The third-order valence-corrected chi connectivity index (χ3v) is 6.94. The Morgan fingerprint density at radius 3 is 2.55 bits per heavy atom. The average molecular weight is 481 g/mol. The first-order valence-corrected chi connectivity index (χ1v) is 12.2. The Labute approximate surface area is 203 Å². The van der Waals surface area contributed by atoms with Crippen molar-refractivity contribution in [3.63, 3.8) is 0 Å². The predicted octanol–water partition coefficient (Wildman–Crippen LogP) is 5.23. The summed E-state index contributed by atoms with van der Waals surface area (Å²) in [7, 11) is 0. The summed E-state index contributed by atoms with van der Waals surface area (Å²) in [5, 5.41) is 3.48. The normalized spacial score (nSPS) is 15.5. The Balaban J connectivity index is 1.32. The molecule has 0 bridgehead atoms. The maximum Gasteiger partial charge on any atom is 0.251 e. The highest BCUT2D eigenvalue weighted by Crippen LogP contribution is 2.39. The van der Waals surface area contributed by atoms with E-state index in [1.807, 2.05) is 72.5 Å². The van der Waals surface area contributed by atoms with Crippen LogP contribution >= 0.6 is 23.4 Å². The minimum atomic E-state index is -0.150. The van der Waals surface area contributed by atoms with Crippen LogP contribution in [-0.4, -0.2) is 35.6 Å². The van der Waals surface area contributed by atoms with E-state index < -0.39 is 0 Å². The first kappa shape index (κ1) is 23.2. The molecule has 0 unspecified atom stereocenters. The van der Waals surface area contributed by atoms with Gasteiger partial charge in [0.05, 0.1) is 12.3 Å². The summed E-state index contributed by atoms with van der Waals surface area (Å²) in [6.07, 6.45) is 0. The number of nitrogens with zero attached hydrogens (tertiary/aromatic N) is 1. The third kappa shape index (κ3) is 5.89. The van der Waals surface area contributed by atoms with Gasteiger partial charge in [-0.25, -0.2) is 0 Å². The van der Waals surface area contributed by atoms with Gasteiger partial charge in [0.2, 0.25) is 5.91 Å². The Morgan fingerprint density at radius 2 is 1.82 bits per heavy atom. The number of carbonyl (C=O) groups is 2. The number of amides is 2. The highest BCUT2D eigenvalue weighted by Gasteiger charge is 2.32. The molecule has 4 rings (SSSR count). The number of carbonyl (C=O) groups excluding carboxylic acids is 2. The van der Waals surface area contributed by atoms with Crippen molar-refractivity contribution in [3.8, 4) is 5.75 Å². The Morgan fingerprint density at radius 1 is 1.09 bits per heavy atom. The summed E-state index contributed by atoms with van der Waals surface area (Å²) in [6.45, 7) is 3.32. The van der Waals surface area contributed by atoms with Crippen molar-refractivity contribution >= 4 is 35.2 Å². The molecule has 0 saturated carbocycles. The number of hydrogen-bond acceptors (Lipinski definition) is 4. The van der Waals surface area contributed by atoms with Gasteiger partial charge in [-0.3, -0.25) is 9.59 Å². The van der Waals surface area contributed by atoms with Gasteiger partial charge in [-0.15, -0.1) is 11.8 Å². The lowest BCUT2D eigenvalue weighted by Crippen LogP contribution is -2.28. The zero-order valence-electron chi connectivity index (χ0n) is 18.3. The van der Waals surface area contributed by atoms with Crippen LogP contribution in [0, 0.1) is 6.92 Å². The lowest BCUT2D eigenvalue weighted by atomic mass is 10.1. The second-order valence-electron chi connectivity index (χ2n) is 7.80. The minimum Gasteiger partial charge on any atom is -0.491 e. The molecule has 5 nitrogen and oxygen atoms in total. The predicted molar refractivity (Wildman–Crippen MR) is 133 cm³/mol. The van der Waals surface area contributed by atoms with Crippen molar-refractivity contribution in [3.05, 3.63) is 100 Å². The van der Waals surface area contributed by atoms with Gasteiger partial charge in [-0.05, 0) is 53.9 Å². The average Bonchev–Trinajstić information content (AvgIpc) is 3.19. The van der Waals surface area contributed by atoms with Gasteiger partial charge in [0, 0.05) is 17.1 Å². The number of ether oxygens (including phenoxy) is 1. The molecule has 3 aromatic carbocycles. The van der Waals surface area contributed by atoms with Gasteiger partial charge in [-0.1, -0.05) is 54.1 Å². The van der Waals surface area contributed by atoms with E-state index in [0.717, 1.165) is 22.4 Å². The molecule has 170 valence electrons. The van der Waals surface area contributed by atoms with Crippen molar-refractivity contribution < 1.29 is 14.3 Å². The lowest BCUT2D eigenvalue weighted by Gasteiger charge is -2.24. The monoisotopic (exact) mass is 480 g/mol. The van der Waals surface area contributed by atoms with Crippen LogP contribution in [0.3, 0.4) is 0 Å². The van der Waals surface area contributed by atoms with E-state index >= 15 is 0 Å². The van der Waals surface area contributed by atoms with Crippen LogP contribution in [0.4, 0.5) is 0 Å². The van der Waals surface area contributed by atoms with Crippen LogP contribution in [0.2, 0.25) is 5.02 Å². The van der Waals surface area contributed by atoms with Crippen molar-refractivity contribution in [1.82, 2.24) is 10.2 Å². The van der Waals surface area contributed by atoms with Crippen LogP contribution in [0.5, 0.6) is 5.75 Å². The van der Waals surface area contributed by atoms with Gasteiger partial charge < -0.3 is 15.0 Å². The zero-order chi connectivity index (χ0) is 23.2. The summed E-state index contributed by atoms with van der Waals surface area (Å²) < 4.78 is 5.72. The summed E-state index contributed by atoms with van der Waals surface area (Å²) >= 11 is 7.57. The number of nitrogens with one attached hydrogen (secondary N) is 1. The molecule has 1 aliphatic rings. The quantitative estimate of drug-likeness (QED) is 0.448. The fourth-order valence-corrected chi connectivity index (χ4v) is 4.95. The first-order valence-electron chi connectivity index (χ1n) is 10.7. The largest absolute Gasteiger partial charge is 0.491 e. The molecule has 1 atom stereocenters. The third-order valence-electron chi connectivity index (χ3n) is 5.43. The number of hydrogen-bond donors (Lipinski definition) is 1. The van der Waals surface area contributed by atoms with Crippen molar-refractivity contribution in [2.45, 2.75) is 18.8 Å². The topological polar surface area (TPSA) is 58.6 Å². The summed E-state index contributed by atoms with van der Waals surface area (Å²) in [4.78, 5) is 26.8. The Kier molecular flexibility index (Phi) is 7.57. The zero-order valence-corrected chi connectivity index (χ0v) is 19.9. The van der Waals surface area contributed by atoms with E-state index in [1.165, 1.54) is 0 Å². The number of rotatable bonds is 8. The van der Waals surface area contributed by atoms with Crippen LogP contribution < -0.4 is 10.1 Å². The molecular weight excluding hydrogens is 456 g/mol. The molecule has 7 heteroatoms. The smallest absolute Gasteiger partial charge is 0.251 e. The van der Waals surface area contributed by atoms with Crippen molar-refractivity contribution in [1.29, 1.82) is 0 Å². The molecule has 33 heavy (non-hydrogen) atoms. The second-order valence-corrected chi connectivity index (χ2v) is 9.31. The number of para-hydroxylation sites is 1. The number of thioether (sulfide) groups is 1. The second kappa shape index (κ2) is 10.8. The van der Waals surface area contributed by atoms with Crippen LogP contribution in [-0.2, 0) is 11.3 Å². The molecule has 1 saturated heterocycles. The van der Waals surface area contributed by atoms with Gasteiger partial charge in [0.25, 0.3) is 5.91 Å². The molecule has 1 fully saturated rings. The standard InChI is InChI=1S/C26H25ClN2O3S/c1-18-4-2-3-5-23(18)32-15-14-28-25(31)20-8-10-21(11-9-20)26-29(24(30)17-33-26)16-19-6-12-22(27)13-7-19/h2-13,26H,14-17H2,1H3,(H,28,31)/t26-/m1/s1. The van der Waals surface area contributed by atoms with E-state index in [4.69, 9.17) is 16.3 Å². The van der Waals surface area contributed by atoms with Crippen molar-refractivity contribution in [2.24, 2.45) is 0 Å². The molecule has 3 aromatic rings. The Bertz CT molecular complexity index is 1120. The summed E-state index contributed by atoms with van der Waals surface area (Å²) in [5.41, 5.74) is 3.67. The lowest BCUT2D eigenvalue weighted by molar-refractivity contribution is -0.128. The van der Waals surface area contributed by atoms with E-state index in [-0.39, 0.29) is 17.2 Å². The van der Waals surface area contributed by atoms with Gasteiger partial charge in [0.1, 0.15) is 17.7 Å². The molecule has 0 aromatic heterocycles. The summed E-state index contributed by atoms with van der Waals surface area (Å²) in [6, 6.07) is 22.8. The number of aryl methyl sites for hydroxylation is 1. The van der Waals surface area contributed by atoms with Crippen LogP contribution in [0.15, 0.2) is 72.8 Å². The molecule has 1 heterocycles. The van der Waals surface area contributed by atoms with Crippen molar-refractivity contribution in [2.75, 3.05) is 18.9 Å².